The zero-order chi connectivity index (χ0) is 23.0. The van der Waals surface area contributed by atoms with Crippen LogP contribution in [0.15, 0.2) is 42.5 Å². The van der Waals surface area contributed by atoms with Crippen LogP contribution in [0.2, 0.25) is 0 Å². The minimum atomic E-state index is -4.50. The maximum absolute atomic E-state index is 13.7. The molecule has 0 aromatic heterocycles. The number of amides is 1. The minimum Gasteiger partial charge on any atom is -0.369 e. The molecule has 0 saturated heterocycles. The largest absolute Gasteiger partial charge is 0.396 e. The topological polar surface area (TPSA) is 43.1 Å². The van der Waals surface area contributed by atoms with Gasteiger partial charge >= 0.3 is 6.18 Å². The van der Waals surface area contributed by atoms with E-state index in [0.29, 0.717) is 6.42 Å². The third-order valence-corrected chi connectivity index (χ3v) is 5.81. The van der Waals surface area contributed by atoms with Gasteiger partial charge in [0, 0.05) is 0 Å². The van der Waals surface area contributed by atoms with Gasteiger partial charge in [-0.1, -0.05) is 101 Å². The van der Waals surface area contributed by atoms with Gasteiger partial charge in [-0.15, -0.1) is 0 Å². The zero-order valence-electron chi connectivity index (χ0n) is 19.0. The van der Waals surface area contributed by atoms with Crippen molar-refractivity contribution < 1.29 is 18.0 Å². The summed E-state index contributed by atoms with van der Waals surface area (Å²) in [6, 6.07) is 7.63. The summed E-state index contributed by atoms with van der Waals surface area (Å²) in [5.41, 5.74) is 5.48. The molecule has 1 rings (SSSR count). The Kier molecular flexibility index (Phi) is 14.0. The van der Waals surface area contributed by atoms with E-state index in [-0.39, 0.29) is 12.0 Å². The van der Waals surface area contributed by atoms with Crippen LogP contribution in [0.3, 0.4) is 0 Å². The molecular formula is C26H40F3NO. The molecule has 0 aliphatic carbocycles. The molecule has 31 heavy (non-hydrogen) atoms. The van der Waals surface area contributed by atoms with Crippen LogP contribution >= 0.6 is 0 Å². The van der Waals surface area contributed by atoms with E-state index in [9.17, 15) is 18.0 Å². The maximum Gasteiger partial charge on any atom is 0.396 e. The van der Waals surface area contributed by atoms with Crippen molar-refractivity contribution >= 4 is 5.91 Å². The summed E-state index contributed by atoms with van der Waals surface area (Å²) in [5.74, 6) is -3.93. The third kappa shape index (κ3) is 12.0. The fourth-order valence-electron chi connectivity index (χ4n) is 4.04. The molecule has 0 heterocycles. The van der Waals surface area contributed by atoms with Gasteiger partial charge in [0.1, 0.15) is 0 Å². The second-order valence-electron chi connectivity index (χ2n) is 8.46. The second kappa shape index (κ2) is 15.9. The van der Waals surface area contributed by atoms with Crippen LogP contribution in [0.25, 0.3) is 0 Å². The van der Waals surface area contributed by atoms with Crippen LogP contribution < -0.4 is 5.73 Å². The average molecular weight is 440 g/mol. The van der Waals surface area contributed by atoms with Crippen molar-refractivity contribution in [2.75, 3.05) is 0 Å². The zero-order valence-corrected chi connectivity index (χ0v) is 19.0. The fraction of sp³-hybridized carbons (Fsp3) is 0.654. The summed E-state index contributed by atoms with van der Waals surface area (Å²) in [4.78, 5) is 11.8. The van der Waals surface area contributed by atoms with E-state index in [4.69, 9.17) is 5.73 Å². The molecule has 0 aliphatic rings. The molecule has 1 amide bonds. The molecule has 1 aromatic carbocycles. The summed E-state index contributed by atoms with van der Waals surface area (Å²) in [5, 5.41) is 0. The van der Waals surface area contributed by atoms with Crippen LogP contribution in [0.4, 0.5) is 13.2 Å². The first-order chi connectivity index (χ1) is 14.9. The predicted octanol–water partition coefficient (Wildman–Crippen LogP) is 8.08. The molecule has 5 heteroatoms. The highest BCUT2D eigenvalue weighted by atomic mass is 19.4. The first-order valence-corrected chi connectivity index (χ1v) is 11.9. The Labute approximate surface area is 186 Å². The fourth-order valence-corrected chi connectivity index (χ4v) is 4.04. The van der Waals surface area contributed by atoms with Crippen LogP contribution in [0.1, 0.15) is 102 Å². The van der Waals surface area contributed by atoms with Crippen molar-refractivity contribution in [1.29, 1.82) is 0 Å². The highest BCUT2D eigenvalue weighted by molar-refractivity contribution is 5.78. The minimum absolute atomic E-state index is 0.106. The first-order valence-electron chi connectivity index (χ1n) is 11.9. The second-order valence-corrected chi connectivity index (χ2v) is 8.46. The summed E-state index contributed by atoms with van der Waals surface area (Å²) in [7, 11) is 0. The van der Waals surface area contributed by atoms with E-state index in [0.717, 1.165) is 32.1 Å². The number of carbonyl (C=O) groups excluding carboxylic acids is 1. The molecule has 0 saturated carbocycles. The number of rotatable bonds is 17. The van der Waals surface area contributed by atoms with Crippen LogP contribution in [0.5, 0.6) is 0 Å². The number of hydrogen-bond donors (Lipinski definition) is 1. The number of primary amides is 1. The lowest BCUT2D eigenvalue weighted by Gasteiger charge is -2.27. The standard InChI is InChI=1S/C26H40F3NO/c1-2-3-4-5-6-7-8-9-10-11-12-13-14-18-21-23(25(30)31)24(26(27,28)29)22-19-16-15-17-20-22/h9-10,15-17,19-20,23-24H,2-8,11-14,18,21H2,1H3,(H2,30,31)/b10-9-. The number of benzene rings is 1. The van der Waals surface area contributed by atoms with Crippen molar-refractivity contribution in [3.05, 3.63) is 48.0 Å². The van der Waals surface area contributed by atoms with Crippen molar-refractivity contribution in [3.8, 4) is 0 Å². The number of alkyl halides is 3. The Morgan fingerprint density at radius 2 is 1.39 bits per heavy atom. The van der Waals surface area contributed by atoms with E-state index >= 15 is 0 Å². The molecule has 0 fully saturated rings. The van der Waals surface area contributed by atoms with Gasteiger partial charge in [0.25, 0.3) is 0 Å². The monoisotopic (exact) mass is 439 g/mol. The van der Waals surface area contributed by atoms with E-state index in [1.54, 1.807) is 18.2 Å². The summed E-state index contributed by atoms with van der Waals surface area (Å²) in [6.07, 6.45) is 13.5. The molecule has 2 N–H and O–H groups in total. The van der Waals surface area contributed by atoms with E-state index in [2.05, 4.69) is 19.1 Å². The smallest absolute Gasteiger partial charge is 0.369 e. The molecular weight excluding hydrogens is 399 g/mol. The Morgan fingerprint density at radius 1 is 0.871 bits per heavy atom. The van der Waals surface area contributed by atoms with Crippen LogP contribution in [-0.4, -0.2) is 12.1 Å². The molecule has 2 unspecified atom stereocenters. The van der Waals surface area contributed by atoms with Gasteiger partial charge in [-0.3, -0.25) is 4.79 Å². The van der Waals surface area contributed by atoms with Gasteiger partial charge in [0.15, 0.2) is 0 Å². The van der Waals surface area contributed by atoms with Crippen molar-refractivity contribution in [2.24, 2.45) is 11.7 Å². The summed E-state index contributed by atoms with van der Waals surface area (Å²) in [6.45, 7) is 2.23. The lowest BCUT2D eigenvalue weighted by Crippen LogP contribution is -2.36. The summed E-state index contributed by atoms with van der Waals surface area (Å²) < 4.78 is 41.0. The molecule has 176 valence electrons. The van der Waals surface area contributed by atoms with Gasteiger partial charge in [-0.2, -0.15) is 13.2 Å². The summed E-state index contributed by atoms with van der Waals surface area (Å²) >= 11 is 0. The Balaban J connectivity index is 2.29. The highest BCUT2D eigenvalue weighted by Crippen LogP contribution is 2.42. The van der Waals surface area contributed by atoms with Crippen LogP contribution in [-0.2, 0) is 4.79 Å². The number of allylic oxidation sites excluding steroid dienone is 2. The molecule has 2 atom stereocenters. The third-order valence-electron chi connectivity index (χ3n) is 5.81. The molecule has 2 nitrogen and oxygen atoms in total. The van der Waals surface area contributed by atoms with E-state index < -0.39 is 23.9 Å². The first kappa shape index (κ1) is 27.3. The number of hydrogen-bond acceptors (Lipinski definition) is 1. The normalized spacial score (nSPS) is 14.1. The van der Waals surface area contributed by atoms with E-state index in [1.807, 2.05) is 0 Å². The maximum atomic E-state index is 13.7. The van der Waals surface area contributed by atoms with E-state index in [1.165, 1.54) is 50.7 Å². The van der Waals surface area contributed by atoms with Gasteiger partial charge in [0.2, 0.25) is 5.91 Å². The number of halogens is 3. The van der Waals surface area contributed by atoms with Crippen molar-refractivity contribution in [3.63, 3.8) is 0 Å². The Bertz CT molecular complexity index is 613. The van der Waals surface area contributed by atoms with Gasteiger partial charge in [-0.25, -0.2) is 0 Å². The van der Waals surface area contributed by atoms with Crippen molar-refractivity contribution in [1.82, 2.24) is 0 Å². The lowest BCUT2D eigenvalue weighted by atomic mass is 9.81. The molecule has 0 bridgehead atoms. The molecule has 0 aliphatic heterocycles. The SMILES string of the molecule is CCCCCCCC/C=C\CCCCCCC(C(N)=O)C(c1ccccc1)C(F)(F)F. The number of carbonyl (C=O) groups is 1. The Morgan fingerprint density at radius 3 is 1.90 bits per heavy atom. The molecule has 1 aromatic rings. The van der Waals surface area contributed by atoms with Crippen molar-refractivity contribution in [2.45, 2.75) is 102 Å². The van der Waals surface area contributed by atoms with Gasteiger partial charge in [-0.05, 0) is 37.7 Å². The highest BCUT2D eigenvalue weighted by Gasteiger charge is 2.47. The Hall–Kier alpha value is -1.78. The van der Waals surface area contributed by atoms with Gasteiger partial charge in [0.05, 0.1) is 11.8 Å². The van der Waals surface area contributed by atoms with Crippen LogP contribution in [0, 0.1) is 5.92 Å². The molecule has 0 radical (unpaired) electrons. The number of nitrogens with two attached hydrogens (primary N) is 1. The average Bonchev–Trinajstić information content (AvgIpc) is 2.72. The van der Waals surface area contributed by atoms with Gasteiger partial charge < -0.3 is 5.73 Å². The quantitative estimate of drug-likeness (QED) is 0.193. The molecule has 0 spiro atoms. The predicted molar refractivity (Wildman–Crippen MR) is 123 cm³/mol. The lowest BCUT2D eigenvalue weighted by molar-refractivity contribution is -0.168. The number of unbranched alkanes of at least 4 members (excludes halogenated alkanes) is 10.